The molecule has 6 heteroatoms. The summed E-state index contributed by atoms with van der Waals surface area (Å²) in [5, 5.41) is 13.6. The van der Waals surface area contributed by atoms with Gasteiger partial charge < -0.3 is 10.1 Å². The SMILES string of the molecule is COc1ccc([C@@H](Nc2snc(Cl)c2C#N)c2ccc(C)cc2)cc1. The number of halogens is 1. The van der Waals surface area contributed by atoms with Crippen molar-refractivity contribution in [3.8, 4) is 11.8 Å². The molecule has 3 rings (SSSR count). The fourth-order valence-electron chi connectivity index (χ4n) is 2.51. The van der Waals surface area contributed by atoms with Crippen LogP contribution >= 0.6 is 23.1 Å². The summed E-state index contributed by atoms with van der Waals surface area (Å²) in [5.74, 6) is 0.796. The van der Waals surface area contributed by atoms with Crippen molar-refractivity contribution in [3.05, 3.63) is 75.9 Å². The summed E-state index contributed by atoms with van der Waals surface area (Å²) >= 11 is 7.19. The Labute approximate surface area is 155 Å². The molecule has 1 N–H and O–H groups in total. The average Bonchev–Trinajstić information content (AvgIpc) is 3.00. The molecule has 0 unspecified atom stereocenters. The standard InChI is InChI=1S/C19H16ClN3OS/c1-12-3-5-13(6-4-12)17(14-7-9-15(24-2)10-8-14)22-19-16(11-21)18(20)23-25-19/h3-10,17,22H,1-2H3/t17-/m0/s1. The minimum absolute atomic E-state index is 0.130. The second-order valence-corrected chi connectivity index (χ2v) is 6.68. The van der Waals surface area contributed by atoms with Gasteiger partial charge in [-0.05, 0) is 41.7 Å². The van der Waals surface area contributed by atoms with E-state index in [0.717, 1.165) is 16.9 Å². The molecule has 25 heavy (non-hydrogen) atoms. The van der Waals surface area contributed by atoms with E-state index < -0.39 is 0 Å². The number of hydrogen-bond acceptors (Lipinski definition) is 5. The number of aromatic nitrogens is 1. The highest BCUT2D eigenvalue weighted by Crippen LogP contribution is 2.34. The van der Waals surface area contributed by atoms with E-state index in [-0.39, 0.29) is 11.2 Å². The molecule has 0 saturated carbocycles. The Morgan fingerprint density at radius 1 is 1.12 bits per heavy atom. The van der Waals surface area contributed by atoms with Crippen molar-refractivity contribution in [1.82, 2.24) is 4.37 Å². The van der Waals surface area contributed by atoms with Crippen LogP contribution in [0.2, 0.25) is 5.15 Å². The lowest BCUT2D eigenvalue weighted by Crippen LogP contribution is -2.12. The summed E-state index contributed by atoms with van der Waals surface area (Å²) in [7, 11) is 1.64. The molecular formula is C19H16ClN3OS. The van der Waals surface area contributed by atoms with Gasteiger partial charge in [0, 0.05) is 0 Å². The van der Waals surface area contributed by atoms with Crippen molar-refractivity contribution in [2.75, 3.05) is 12.4 Å². The number of methoxy groups -OCH3 is 1. The molecule has 0 aliphatic rings. The molecular weight excluding hydrogens is 354 g/mol. The zero-order chi connectivity index (χ0) is 17.8. The highest BCUT2D eigenvalue weighted by Gasteiger charge is 2.19. The maximum atomic E-state index is 9.32. The lowest BCUT2D eigenvalue weighted by Gasteiger charge is -2.20. The maximum absolute atomic E-state index is 9.32. The monoisotopic (exact) mass is 369 g/mol. The minimum Gasteiger partial charge on any atom is -0.497 e. The minimum atomic E-state index is -0.130. The lowest BCUT2D eigenvalue weighted by molar-refractivity contribution is 0.414. The Balaban J connectivity index is 2.01. The Bertz CT molecular complexity index is 898. The van der Waals surface area contributed by atoms with Crippen LogP contribution in [0.15, 0.2) is 48.5 Å². The number of anilines is 1. The van der Waals surface area contributed by atoms with E-state index in [0.29, 0.717) is 10.6 Å². The van der Waals surface area contributed by atoms with Gasteiger partial charge in [-0.15, -0.1) is 0 Å². The summed E-state index contributed by atoms with van der Waals surface area (Å²) in [6, 6.07) is 18.1. The molecule has 0 saturated heterocycles. The summed E-state index contributed by atoms with van der Waals surface area (Å²) < 4.78 is 9.31. The second-order valence-electron chi connectivity index (χ2n) is 5.55. The number of aryl methyl sites for hydroxylation is 1. The van der Waals surface area contributed by atoms with Crippen LogP contribution in [0.5, 0.6) is 5.75 Å². The van der Waals surface area contributed by atoms with Crippen molar-refractivity contribution in [3.63, 3.8) is 0 Å². The third-order valence-electron chi connectivity index (χ3n) is 3.90. The first kappa shape index (κ1) is 17.3. The number of nitrogens with zero attached hydrogens (tertiary/aromatic N) is 2. The van der Waals surface area contributed by atoms with Crippen LogP contribution in [0.4, 0.5) is 5.00 Å². The average molecular weight is 370 g/mol. The number of benzene rings is 2. The van der Waals surface area contributed by atoms with Crippen LogP contribution in [0, 0.1) is 18.3 Å². The molecule has 0 fully saturated rings. The van der Waals surface area contributed by atoms with Gasteiger partial charge in [0.25, 0.3) is 0 Å². The van der Waals surface area contributed by atoms with Gasteiger partial charge in [0.2, 0.25) is 0 Å². The molecule has 1 atom stereocenters. The molecule has 1 heterocycles. The van der Waals surface area contributed by atoms with Gasteiger partial charge in [0.05, 0.1) is 13.2 Å². The molecule has 0 aliphatic heterocycles. The first-order valence-corrected chi connectivity index (χ1v) is 8.80. The van der Waals surface area contributed by atoms with Gasteiger partial charge in [-0.3, -0.25) is 0 Å². The highest BCUT2D eigenvalue weighted by molar-refractivity contribution is 7.10. The first-order valence-electron chi connectivity index (χ1n) is 7.64. The van der Waals surface area contributed by atoms with Gasteiger partial charge in [0.15, 0.2) is 5.15 Å². The maximum Gasteiger partial charge on any atom is 0.162 e. The Kier molecular flexibility index (Phi) is 5.22. The van der Waals surface area contributed by atoms with E-state index in [9.17, 15) is 5.26 Å². The summed E-state index contributed by atoms with van der Waals surface area (Å²) in [6.07, 6.45) is 0. The number of nitriles is 1. The number of nitrogens with one attached hydrogen (secondary N) is 1. The van der Waals surface area contributed by atoms with Gasteiger partial charge in [-0.2, -0.15) is 9.64 Å². The molecule has 1 aromatic heterocycles. The molecule has 0 spiro atoms. The van der Waals surface area contributed by atoms with Crippen molar-refractivity contribution < 1.29 is 4.74 Å². The van der Waals surface area contributed by atoms with Crippen LogP contribution in [-0.2, 0) is 0 Å². The number of rotatable bonds is 5. The summed E-state index contributed by atoms with van der Waals surface area (Å²) in [4.78, 5) is 0. The zero-order valence-electron chi connectivity index (χ0n) is 13.8. The van der Waals surface area contributed by atoms with Gasteiger partial charge >= 0.3 is 0 Å². The van der Waals surface area contributed by atoms with Crippen LogP contribution in [-0.4, -0.2) is 11.5 Å². The number of hydrogen-bond donors (Lipinski definition) is 1. The molecule has 0 amide bonds. The van der Waals surface area contributed by atoms with Crippen LogP contribution in [0.1, 0.15) is 28.3 Å². The van der Waals surface area contributed by atoms with Crippen LogP contribution < -0.4 is 10.1 Å². The molecule has 3 aromatic rings. The first-order chi connectivity index (χ1) is 12.1. The highest BCUT2D eigenvalue weighted by atomic mass is 35.5. The molecule has 0 bridgehead atoms. The van der Waals surface area contributed by atoms with Gasteiger partial charge in [0.1, 0.15) is 22.4 Å². The molecule has 0 aliphatic carbocycles. The van der Waals surface area contributed by atoms with Crippen molar-refractivity contribution >= 4 is 28.1 Å². The number of ether oxygens (including phenoxy) is 1. The second kappa shape index (κ2) is 7.56. The molecule has 2 aromatic carbocycles. The normalized spacial score (nSPS) is 11.6. The molecule has 4 nitrogen and oxygen atoms in total. The Morgan fingerprint density at radius 2 is 1.72 bits per heavy atom. The summed E-state index contributed by atoms with van der Waals surface area (Å²) in [6.45, 7) is 2.05. The van der Waals surface area contributed by atoms with E-state index >= 15 is 0 Å². The summed E-state index contributed by atoms with van der Waals surface area (Å²) in [5.41, 5.74) is 3.70. The van der Waals surface area contributed by atoms with Crippen molar-refractivity contribution in [1.29, 1.82) is 5.26 Å². The topological polar surface area (TPSA) is 57.9 Å². The van der Waals surface area contributed by atoms with Gasteiger partial charge in [-0.1, -0.05) is 53.6 Å². The lowest BCUT2D eigenvalue weighted by atomic mass is 9.97. The Morgan fingerprint density at radius 3 is 2.28 bits per heavy atom. The van der Waals surface area contributed by atoms with E-state index in [2.05, 4.69) is 46.9 Å². The third-order valence-corrected chi connectivity index (χ3v) is 5.05. The fraction of sp³-hybridized carbons (Fsp3) is 0.158. The predicted octanol–water partition coefficient (Wildman–Crippen LogP) is 5.19. The van der Waals surface area contributed by atoms with E-state index in [1.807, 2.05) is 24.3 Å². The largest absolute Gasteiger partial charge is 0.497 e. The fourth-order valence-corrected chi connectivity index (χ4v) is 3.47. The zero-order valence-corrected chi connectivity index (χ0v) is 15.4. The van der Waals surface area contributed by atoms with Crippen molar-refractivity contribution in [2.24, 2.45) is 0 Å². The Hall–Kier alpha value is -2.55. The van der Waals surface area contributed by atoms with Gasteiger partial charge in [-0.25, -0.2) is 0 Å². The molecule has 0 radical (unpaired) electrons. The van der Waals surface area contributed by atoms with Crippen molar-refractivity contribution in [2.45, 2.75) is 13.0 Å². The van der Waals surface area contributed by atoms with E-state index in [1.165, 1.54) is 17.1 Å². The van der Waals surface area contributed by atoms with E-state index in [1.54, 1.807) is 7.11 Å². The van der Waals surface area contributed by atoms with E-state index in [4.69, 9.17) is 16.3 Å². The van der Waals surface area contributed by atoms with Crippen LogP contribution in [0.25, 0.3) is 0 Å². The molecule has 126 valence electrons. The smallest absolute Gasteiger partial charge is 0.162 e. The predicted molar refractivity (Wildman–Crippen MR) is 101 cm³/mol. The van der Waals surface area contributed by atoms with Crippen LogP contribution in [0.3, 0.4) is 0 Å². The third kappa shape index (κ3) is 3.76. The quantitative estimate of drug-likeness (QED) is 0.672.